The Kier molecular flexibility index (Phi) is 5.57. The predicted octanol–water partition coefficient (Wildman–Crippen LogP) is 4.47. The standard InChI is InChI=1S/C20H19ClFNO3/c21-16-12-15(22)8-9-17(16)23-18(24)13-26-19(25)20(10-4-5-11-20)14-6-2-1-3-7-14/h1-3,6-9,12H,4-5,10-11,13H2,(H,23,24). The zero-order chi connectivity index (χ0) is 18.6. The van der Waals surface area contributed by atoms with E-state index in [2.05, 4.69) is 5.32 Å². The maximum absolute atomic E-state index is 13.0. The van der Waals surface area contributed by atoms with Gasteiger partial charge in [-0.3, -0.25) is 9.59 Å². The number of nitrogens with one attached hydrogen (secondary N) is 1. The van der Waals surface area contributed by atoms with Gasteiger partial charge in [0, 0.05) is 0 Å². The van der Waals surface area contributed by atoms with Crippen molar-refractivity contribution in [1.82, 2.24) is 0 Å². The third kappa shape index (κ3) is 3.88. The molecule has 4 nitrogen and oxygen atoms in total. The van der Waals surface area contributed by atoms with E-state index < -0.39 is 23.7 Å². The first-order valence-corrected chi connectivity index (χ1v) is 8.87. The molecule has 0 aliphatic heterocycles. The van der Waals surface area contributed by atoms with Crippen molar-refractivity contribution in [2.24, 2.45) is 0 Å². The van der Waals surface area contributed by atoms with Crippen molar-refractivity contribution < 1.29 is 18.7 Å². The highest BCUT2D eigenvalue weighted by molar-refractivity contribution is 6.33. The lowest BCUT2D eigenvalue weighted by Crippen LogP contribution is -2.36. The van der Waals surface area contributed by atoms with Crippen molar-refractivity contribution in [2.75, 3.05) is 11.9 Å². The van der Waals surface area contributed by atoms with Crippen LogP contribution in [0.15, 0.2) is 48.5 Å². The van der Waals surface area contributed by atoms with Crippen LogP contribution in [-0.4, -0.2) is 18.5 Å². The second kappa shape index (κ2) is 7.87. The molecule has 3 rings (SSSR count). The number of ether oxygens (including phenoxy) is 1. The van der Waals surface area contributed by atoms with Crippen LogP contribution in [0.25, 0.3) is 0 Å². The van der Waals surface area contributed by atoms with Crippen molar-refractivity contribution in [2.45, 2.75) is 31.1 Å². The van der Waals surface area contributed by atoms with Crippen molar-refractivity contribution in [3.05, 3.63) is 64.9 Å². The van der Waals surface area contributed by atoms with Gasteiger partial charge in [0.2, 0.25) is 0 Å². The number of hydrogen-bond acceptors (Lipinski definition) is 3. The van der Waals surface area contributed by atoms with Crippen LogP contribution in [0.4, 0.5) is 10.1 Å². The van der Waals surface area contributed by atoms with Gasteiger partial charge in [0.15, 0.2) is 6.61 Å². The number of hydrogen-bond donors (Lipinski definition) is 1. The highest BCUT2D eigenvalue weighted by Gasteiger charge is 2.44. The molecular weight excluding hydrogens is 357 g/mol. The summed E-state index contributed by atoms with van der Waals surface area (Å²) in [6.45, 7) is -0.416. The van der Waals surface area contributed by atoms with Gasteiger partial charge in [0.1, 0.15) is 5.82 Å². The van der Waals surface area contributed by atoms with E-state index in [1.165, 1.54) is 12.1 Å². The van der Waals surface area contributed by atoms with E-state index in [1.54, 1.807) is 0 Å². The van der Waals surface area contributed by atoms with Crippen LogP contribution in [0.1, 0.15) is 31.2 Å². The Morgan fingerprint density at radius 1 is 1.12 bits per heavy atom. The van der Waals surface area contributed by atoms with Gasteiger partial charge in [0.25, 0.3) is 5.91 Å². The Morgan fingerprint density at radius 2 is 1.81 bits per heavy atom. The molecule has 1 N–H and O–H groups in total. The first kappa shape index (κ1) is 18.4. The third-order valence-electron chi connectivity index (χ3n) is 4.71. The molecule has 0 heterocycles. The van der Waals surface area contributed by atoms with E-state index in [0.717, 1.165) is 24.5 Å². The first-order chi connectivity index (χ1) is 12.5. The molecule has 0 bridgehead atoms. The number of carbonyl (C=O) groups excluding carboxylic acids is 2. The molecule has 2 aromatic rings. The summed E-state index contributed by atoms with van der Waals surface area (Å²) in [5.41, 5.74) is 0.506. The number of amides is 1. The topological polar surface area (TPSA) is 55.4 Å². The molecule has 1 aliphatic carbocycles. The van der Waals surface area contributed by atoms with Gasteiger partial charge in [-0.05, 0) is 36.6 Å². The summed E-state index contributed by atoms with van der Waals surface area (Å²) in [5, 5.41) is 2.61. The highest BCUT2D eigenvalue weighted by Crippen LogP contribution is 2.42. The minimum Gasteiger partial charge on any atom is -0.455 e. The lowest BCUT2D eigenvalue weighted by Gasteiger charge is -2.27. The van der Waals surface area contributed by atoms with E-state index in [0.29, 0.717) is 12.8 Å². The van der Waals surface area contributed by atoms with Crippen LogP contribution in [0.5, 0.6) is 0 Å². The summed E-state index contributed by atoms with van der Waals surface area (Å²) in [6, 6.07) is 13.2. The van der Waals surface area contributed by atoms with Crippen molar-refractivity contribution >= 4 is 29.2 Å². The smallest absolute Gasteiger partial charge is 0.317 e. The Labute approximate surface area is 156 Å². The molecule has 1 aliphatic rings. The Morgan fingerprint density at radius 3 is 2.46 bits per heavy atom. The average Bonchev–Trinajstić information content (AvgIpc) is 3.14. The quantitative estimate of drug-likeness (QED) is 0.784. The fourth-order valence-electron chi connectivity index (χ4n) is 3.39. The molecule has 136 valence electrons. The lowest BCUT2D eigenvalue weighted by molar-refractivity contribution is -0.153. The van der Waals surface area contributed by atoms with E-state index in [9.17, 15) is 14.0 Å². The molecule has 26 heavy (non-hydrogen) atoms. The number of anilines is 1. The van der Waals surface area contributed by atoms with Crippen LogP contribution in [0, 0.1) is 5.82 Å². The predicted molar refractivity (Wildman–Crippen MR) is 97.6 cm³/mol. The lowest BCUT2D eigenvalue weighted by atomic mass is 9.79. The molecule has 0 atom stereocenters. The molecule has 2 aromatic carbocycles. The maximum atomic E-state index is 13.0. The average molecular weight is 376 g/mol. The SMILES string of the molecule is O=C(COC(=O)C1(c2ccccc2)CCCC1)Nc1ccc(F)cc1Cl. The minimum atomic E-state index is -0.685. The Balaban J connectivity index is 1.64. The number of halogens is 2. The summed E-state index contributed by atoms with van der Waals surface area (Å²) in [6.07, 6.45) is 3.31. The van der Waals surface area contributed by atoms with Gasteiger partial charge in [-0.2, -0.15) is 0 Å². The van der Waals surface area contributed by atoms with Crippen LogP contribution < -0.4 is 5.32 Å². The van der Waals surface area contributed by atoms with Gasteiger partial charge in [-0.15, -0.1) is 0 Å². The summed E-state index contributed by atoms with van der Waals surface area (Å²) in [5.74, 6) is -1.40. The largest absolute Gasteiger partial charge is 0.455 e. The van der Waals surface area contributed by atoms with Gasteiger partial charge >= 0.3 is 5.97 Å². The number of rotatable bonds is 5. The van der Waals surface area contributed by atoms with Crippen LogP contribution in [-0.2, 0) is 19.7 Å². The molecular formula is C20H19ClFNO3. The first-order valence-electron chi connectivity index (χ1n) is 8.49. The zero-order valence-electron chi connectivity index (χ0n) is 14.1. The van der Waals surface area contributed by atoms with Crippen molar-refractivity contribution in [1.29, 1.82) is 0 Å². The van der Waals surface area contributed by atoms with E-state index >= 15 is 0 Å². The second-order valence-electron chi connectivity index (χ2n) is 6.40. The van der Waals surface area contributed by atoms with E-state index in [1.807, 2.05) is 30.3 Å². The van der Waals surface area contributed by atoms with Gasteiger partial charge in [-0.1, -0.05) is 54.8 Å². The van der Waals surface area contributed by atoms with Crippen molar-refractivity contribution in [3.8, 4) is 0 Å². The zero-order valence-corrected chi connectivity index (χ0v) is 14.9. The van der Waals surface area contributed by atoms with Gasteiger partial charge in [-0.25, -0.2) is 4.39 Å². The molecule has 1 amide bonds. The van der Waals surface area contributed by atoms with Crippen molar-refractivity contribution in [3.63, 3.8) is 0 Å². The number of benzene rings is 2. The summed E-state index contributed by atoms with van der Waals surface area (Å²) in [7, 11) is 0. The van der Waals surface area contributed by atoms with Crippen LogP contribution in [0.2, 0.25) is 5.02 Å². The fourth-order valence-corrected chi connectivity index (χ4v) is 3.61. The van der Waals surface area contributed by atoms with Crippen LogP contribution >= 0.6 is 11.6 Å². The highest BCUT2D eigenvalue weighted by atomic mass is 35.5. The molecule has 1 saturated carbocycles. The Hall–Kier alpha value is -2.40. The summed E-state index contributed by atoms with van der Waals surface area (Å²) in [4.78, 5) is 24.8. The molecule has 1 fully saturated rings. The monoisotopic (exact) mass is 375 g/mol. The molecule has 0 saturated heterocycles. The number of esters is 1. The molecule has 0 aromatic heterocycles. The molecule has 0 unspecified atom stereocenters. The Bertz CT molecular complexity index is 804. The van der Waals surface area contributed by atoms with Crippen LogP contribution in [0.3, 0.4) is 0 Å². The maximum Gasteiger partial charge on any atom is 0.317 e. The molecule has 0 spiro atoms. The molecule has 0 radical (unpaired) electrons. The third-order valence-corrected chi connectivity index (χ3v) is 5.03. The van der Waals surface area contributed by atoms with E-state index in [4.69, 9.17) is 16.3 Å². The summed E-state index contributed by atoms with van der Waals surface area (Å²) >= 11 is 5.88. The minimum absolute atomic E-state index is 0.0845. The normalized spacial score (nSPS) is 15.5. The second-order valence-corrected chi connectivity index (χ2v) is 6.81. The fraction of sp³-hybridized carbons (Fsp3) is 0.300. The summed E-state index contributed by atoms with van der Waals surface area (Å²) < 4.78 is 18.4. The number of carbonyl (C=O) groups is 2. The van der Waals surface area contributed by atoms with E-state index in [-0.39, 0.29) is 16.7 Å². The van der Waals surface area contributed by atoms with Gasteiger partial charge < -0.3 is 10.1 Å². The van der Waals surface area contributed by atoms with Gasteiger partial charge in [0.05, 0.1) is 16.1 Å². The molecule has 6 heteroatoms.